The van der Waals surface area contributed by atoms with Crippen LogP contribution in [0.5, 0.6) is 0 Å². The SMILES string of the molecule is Cn1nnnc1N1CCC(CNC2CC2)CC1. The molecule has 2 heterocycles. The Kier molecular flexibility index (Phi) is 2.96. The van der Waals surface area contributed by atoms with Gasteiger partial charge in [0.1, 0.15) is 0 Å². The van der Waals surface area contributed by atoms with E-state index in [0.717, 1.165) is 31.0 Å². The highest BCUT2D eigenvalue weighted by Gasteiger charge is 2.25. The van der Waals surface area contributed by atoms with Gasteiger partial charge in [0.05, 0.1) is 0 Å². The number of hydrogen-bond acceptors (Lipinski definition) is 5. The zero-order chi connectivity index (χ0) is 11.7. The summed E-state index contributed by atoms with van der Waals surface area (Å²) in [6, 6.07) is 0.830. The summed E-state index contributed by atoms with van der Waals surface area (Å²) in [7, 11) is 1.90. The minimum atomic E-state index is 0.827. The van der Waals surface area contributed by atoms with Crippen molar-refractivity contribution in [3.05, 3.63) is 0 Å². The summed E-state index contributed by atoms with van der Waals surface area (Å²) in [5.74, 6) is 1.73. The second-order valence-electron chi connectivity index (χ2n) is 5.22. The highest BCUT2D eigenvalue weighted by atomic mass is 15.6. The molecule has 1 aliphatic heterocycles. The van der Waals surface area contributed by atoms with Crippen LogP contribution >= 0.6 is 0 Å². The molecule has 1 saturated carbocycles. The Bertz CT molecular complexity index is 364. The molecule has 0 bridgehead atoms. The van der Waals surface area contributed by atoms with E-state index in [1.165, 1.54) is 32.2 Å². The summed E-state index contributed by atoms with van der Waals surface area (Å²) in [4.78, 5) is 2.29. The van der Waals surface area contributed by atoms with E-state index in [1.54, 1.807) is 4.68 Å². The fourth-order valence-corrected chi connectivity index (χ4v) is 2.45. The van der Waals surface area contributed by atoms with E-state index in [4.69, 9.17) is 0 Å². The second-order valence-corrected chi connectivity index (χ2v) is 5.22. The molecule has 1 aliphatic carbocycles. The molecule has 1 saturated heterocycles. The van der Waals surface area contributed by atoms with Gasteiger partial charge in [-0.3, -0.25) is 0 Å². The van der Waals surface area contributed by atoms with Crippen LogP contribution in [0, 0.1) is 5.92 Å². The van der Waals surface area contributed by atoms with Crippen molar-refractivity contribution < 1.29 is 0 Å². The van der Waals surface area contributed by atoms with Crippen LogP contribution in [-0.2, 0) is 7.05 Å². The number of rotatable bonds is 4. The van der Waals surface area contributed by atoms with Crippen LogP contribution in [0.1, 0.15) is 25.7 Å². The number of anilines is 1. The minimum absolute atomic E-state index is 0.827. The van der Waals surface area contributed by atoms with Gasteiger partial charge in [-0.05, 0) is 48.6 Å². The normalized spacial score (nSPS) is 22.1. The summed E-state index contributed by atoms with van der Waals surface area (Å²) in [6.07, 6.45) is 5.24. The van der Waals surface area contributed by atoms with Crippen molar-refractivity contribution >= 4 is 5.95 Å². The quantitative estimate of drug-likeness (QED) is 0.808. The Morgan fingerprint density at radius 3 is 2.59 bits per heavy atom. The zero-order valence-corrected chi connectivity index (χ0v) is 10.3. The molecule has 17 heavy (non-hydrogen) atoms. The first-order valence-corrected chi connectivity index (χ1v) is 6.53. The lowest BCUT2D eigenvalue weighted by Crippen LogP contribution is -2.38. The molecule has 3 rings (SSSR count). The first-order chi connectivity index (χ1) is 8.33. The molecule has 2 aliphatic rings. The second kappa shape index (κ2) is 4.60. The van der Waals surface area contributed by atoms with Gasteiger partial charge in [-0.2, -0.15) is 0 Å². The van der Waals surface area contributed by atoms with Crippen LogP contribution in [0.3, 0.4) is 0 Å². The largest absolute Gasteiger partial charge is 0.340 e. The average Bonchev–Trinajstić information content (AvgIpc) is 3.09. The van der Waals surface area contributed by atoms with E-state index in [1.807, 2.05) is 7.05 Å². The van der Waals surface area contributed by atoms with Gasteiger partial charge >= 0.3 is 0 Å². The van der Waals surface area contributed by atoms with Crippen LogP contribution in [0.25, 0.3) is 0 Å². The van der Waals surface area contributed by atoms with E-state index in [9.17, 15) is 0 Å². The van der Waals surface area contributed by atoms with Crippen LogP contribution < -0.4 is 10.2 Å². The number of hydrogen-bond donors (Lipinski definition) is 1. The molecule has 1 aromatic heterocycles. The smallest absolute Gasteiger partial charge is 0.245 e. The number of nitrogens with one attached hydrogen (secondary N) is 1. The van der Waals surface area contributed by atoms with E-state index in [0.29, 0.717) is 0 Å². The summed E-state index contributed by atoms with van der Waals surface area (Å²) < 4.78 is 1.75. The van der Waals surface area contributed by atoms with Crippen molar-refractivity contribution in [3.63, 3.8) is 0 Å². The maximum absolute atomic E-state index is 4.06. The van der Waals surface area contributed by atoms with Gasteiger partial charge in [0.25, 0.3) is 0 Å². The molecule has 6 heteroatoms. The van der Waals surface area contributed by atoms with Gasteiger partial charge in [-0.1, -0.05) is 5.10 Å². The Hall–Kier alpha value is -1.17. The minimum Gasteiger partial charge on any atom is -0.340 e. The molecule has 1 N–H and O–H groups in total. The Morgan fingerprint density at radius 1 is 1.24 bits per heavy atom. The first kappa shape index (κ1) is 11.0. The Labute approximate surface area is 101 Å². The molecule has 0 aromatic carbocycles. The molecule has 0 amide bonds. The van der Waals surface area contributed by atoms with Gasteiger partial charge in [-0.25, -0.2) is 4.68 Å². The third kappa shape index (κ3) is 2.57. The van der Waals surface area contributed by atoms with Gasteiger partial charge in [0, 0.05) is 26.2 Å². The van der Waals surface area contributed by atoms with Gasteiger partial charge in [-0.15, -0.1) is 0 Å². The summed E-state index contributed by atoms with van der Waals surface area (Å²) >= 11 is 0. The molecule has 0 spiro atoms. The monoisotopic (exact) mass is 236 g/mol. The number of aromatic nitrogens is 4. The topological polar surface area (TPSA) is 58.9 Å². The van der Waals surface area contributed by atoms with Crippen LogP contribution in [0.4, 0.5) is 5.95 Å². The maximum Gasteiger partial charge on any atom is 0.245 e. The number of nitrogens with zero attached hydrogens (tertiary/aromatic N) is 5. The van der Waals surface area contributed by atoms with Crippen molar-refractivity contribution in [1.29, 1.82) is 0 Å². The molecule has 0 atom stereocenters. The summed E-state index contributed by atoms with van der Waals surface area (Å²) in [5, 5.41) is 15.3. The lowest BCUT2D eigenvalue weighted by atomic mass is 9.97. The molecular weight excluding hydrogens is 216 g/mol. The van der Waals surface area contributed by atoms with E-state index >= 15 is 0 Å². The molecular formula is C11H20N6. The molecule has 6 nitrogen and oxygen atoms in total. The summed E-state index contributed by atoms with van der Waals surface area (Å²) in [6.45, 7) is 3.34. The zero-order valence-electron chi connectivity index (χ0n) is 10.3. The molecule has 0 radical (unpaired) electrons. The van der Waals surface area contributed by atoms with E-state index in [-0.39, 0.29) is 0 Å². The summed E-state index contributed by atoms with van der Waals surface area (Å²) in [5.41, 5.74) is 0. The predicted octanol–water partition coefficient (Wildman–Crippen LogP) is 0.178. The van der Waals surface area contributed by atoms with Crippen molar-refractivity contribution in [2.45, 2.75) is 31.7 Å². The van der Waals surface area contributed by atoms with Crippen LogP contribution in [0.2, 0.25) is 0 Å². The number of piperidine rings is 1. The van der Waals surface area contributed by atoms with E-state index in [2.05, 4.69) is 25.7 Å². The lowest BCUT2D eigenvalue weighted by Gasteiger charge is -2.31. The highest BCUT2D eigenvalue weighted by Crippen LogP contribution is 2.23. The fraction of sp³-hybridized carbons (Fsp3) is 0.909. The van der Waals surface area contributed by atoms with Crippen molar-refractivity contribution in [1.82, 2.24) is 25.5 Å². The third-order valence-corrected chi connectivity index (χ3v) is 3.77. The first-order valence-electron chi connectivity index (χ1n) is 6.53. The van der Waals surface area contributed by atoms with Crippen molar-refractivity contribution in [2.75, 3.05) is 24.5 Å². The number of aryl methyl sites for hydroxylation is 1. The molecule has 1 aromatic rings. The van der Waals surface area contributed by atoms with Gasteiger partial charge in [0.2, 0.25) is 5.95 Å². The molecule has 0 unspecified atom stereocenters. The third-order valence-electron chi connectivity index (χ3n) is 3.77. The Morgan fingerprint density at radius 2 is 2.00 bits per heavy atom. The van der Waals surface area contributed by atoms with Crippen LogP contribution in [-0.4, -0.2) is 45.9 Å². The number of tetrazole rings is 1. The van der Waals surface area contributed by atoms with Gasteiger partial charge < -0.3 is 10.2 Å². The van der Waals surface area contributed by atoms with Gasteiger partial charge in [0.15, 0.2) is 0 Å². The molecule has 2 fully saturated rings. The van der Waals surface area contributed by atoms with E-state index < -0.39 is 0 Å². The Balaban J connectivity index is 1.48. The highest BCUT2D eigenvalue weighted by molar-refractivity contribution is 5.28. The van der Waals surface area contributed by atoms with Crippen molar-refractivity contribution in [3.8, 4) is 0 Å². The van der Waals surface area contributed by atoms with Crippen molar-refractivity contribution in [2.24, 2.45) is 13.0 Å². The standard InChI is InChI=1S/C11H20N6/c1-16-11(13-14-15-16)17-6-4-9(5-7-17)8-12-10-2-3-10/h9-10,12H,2-8H2,1H3. The fourth-order valence-electron chi connectivity index (χ4n) is 2.45. The predicted molar refractivity (Wildman–Crippen MR) is 64.8 cm³/mol. The molecule has 94 valence electrons. The van der Waals surface area contributed by atoms with Crippen LogP contribution in [0.15, 0.2) is 0 Å². The lowest BCUT2D eigenvalue weighted by molar-refractivity contribution is 0.378. The average molecular weight is 236 g/mol. The maximum atomic E-state index is 4.06.